The Bertz CT molecular complexity index is 698. The van der Waals surface area contributed by atoms with E-state index in [0.29, 0.717) is 0 Å². The molecule has 1 N–H and O–H groups in total. The number of carbonyl (C=O) groups excluding carboxylic acids is 2. The van der Waals surface area contributed by atoms with Crippen molar-refractivity contribution >= 4 is 21.7 Å². The number of halogens is 2. The van der Waals surface area contributed by atoms with E-state index in [-0.39, 0.29) is 11.6 Å². The van der Waals surface area contributed by atoms with Gasteiger partial charge < -0.3 is 10.1 Å². The van der Waals surface area contributed by atoms with E-state index in [1.807, 2.05) is 0 Å². The van der Waals surface area contributed by atoms with Crippen molar-refractivity contribution in [3.63, 3.8) is 0 Å². The minimum Gasteiger partial charge on any atom is -0.449 e. The molecule has 0 unspecified atom stereocenters. The number of esters is 1. The summed E-state index contributed by atoms with van der Waals surface area (Å²) in [7, 11) is -4.71. The normalized spacial score (nSPS) is 16.0. The van der Waals surface area contributed by atoms with Crippen molar-refractivity contribution in [3.8, 4) is 0 Å². The molecule has 1 atom stereocenters. The lowest BCUT2D eigenvalue weighted by Gasteiger charge is -2.13. The van der Waals surface area contributed by atoms with Crippen LogP contribution in [0.3, 0.4) is 0 Å². The average molecular weight is 347 g/mol. The molecule has 1 aromatic rings. The highest BCUT2D eigenvalue weighted by atomic mass is 32.2. The third kappa shape index (κ3) is 4.25. The third-order valence-corrected chi connectivity index (χ3v) is 4.63. The molecule has 126 valence electrons. The van der Waals surface area contributed by atoms with E-state index in [2.05, 4.69) is 5.32 Å². The summed E-state index contributed by atoms with van der Waals surface area (Å²) < 4.78 is 52.3. The summed E-state index contributed by atoms with van der Waals surface area (Å²) in [6.07, 6.45) is 0.784. The van der Waals surface area contributed by atoms with Gasteiger partial charge >= 0.3 is 11.7 Å². The Balaban J connectivity index is 2.01. The second-order valence-corrected chi connectivity index (χ2v) is 7.08. The number of carbonyl (C=O) groups is 2. The van der Waals surface area contributed by atoms with Crippen LogP contribution in [0, 0.1) is 0 Å². The SMILES string of the molecule is C[C@H](OC(=O)c1ccc(S(=O)(=O)C(F)F)cc1)C(=O)NC1CC1. The van der Waals surface area contributed by atoms with Gasteiger partial charge in [-0.25, -0.2) is 13.2 Å². The number of alkyl halides is 2. The van der Waals surface area contributed by atoms with Gasteiger partial charge in [0.2, 0.25) is 9.84 Å². The molecule has 1 saturated carbocycles. The quantitative estimate of drug-likeness (QED) is 0.788. The smallest absolute Gasteiger partial charge is 0.341 e. The highest BCUT2D eigenvalue weighted by molar-refractivity contribution is 7.91. The zero-order valence-corrected chi connectivity index (χ0v) is 13.0. The van der Waals surface area contributed by atoms with E-state index in [9.17, 15) is 26.8 Å². The van der Waals surface area contributed by atoms with Crippen LogP contribution in [-0.2, 0) is 19.4 Å². The van der Waals surface area contributed by atoms with Crippen LogP contribution in [0.1, 0.15) is 30.1 Å². The first-order valence-corrected chi connectivity index (χ1v) is 8.40. The fourth-order valence-corrected chi connectivity index (χ4v) is 2.43. The van der Waals surface area contributed by atoms with Crippen molar-refractivity contribution in [2.45, 2.75) is 42.6 Å². The third-order valence-electron chi connectivity index (χ3n) is 3.23. The number of rotatable bonds is 6. The van der Waals surface area contributed by atoms with E-state index >= 15 is 0 Å². The average Bonchev–Trinajstić information content (AvgIpc) is 3.31. The minimum atomic E-state index is -4.71. The molecule has 23 heavy (non-hydrogen) atoms. The summed E-state index contributed by atoms with van der Waals surface area (Å²) in [5.41, 5.74) is -0.0377. The van der Waals surface area contributed by atoms with Crippen LogP contribution in [-0.4, -0.2) is 38.2 Å². The van der Waals surface area contributed by atoms with Crippen molar-refractivity contribution < 1.29 is 31.5 Å². The molecule has 0 spiro atoms. The molecule has 6 nitrogen and oxygen atoms in total. The molecule has 0 saturated heterocycles. The lowest BCUT2D eigenvalue weighted by molar-refractivity contribution is -0.129. The number of amides is 1. The van der Waals surface area contributed by atoms with Crippen LogP contribution in [0.5, 0.6) is 0 Å². The van der Waals surface area contributed by atoms with Gasteiger partial charge in [0.1, 0.15) is 0 Å². The molecule has 0 aliphatic heterocycles. The van der Waals surface area contributed by atoms with Crippen LogP contribution in [0.25, 0.3) is 0 Å². The van der Waals surface area contributed by atoms with E-state index < -0.39 is 38.5 Å². The predicted octanol–water partition coefficient (Wildman–Crippen LogP) is 1.51. The molecule has 1 aliphatic carbocycles. The van der Waals surface area contributed by atoms with E-state index in [1.54, 1.807) is 0 Å². The van der Waals surface area contributed by atoms with Gasteiger partial charge in [0, 0.05) is 6.04 Å². The van der Waals surface area contributed by atoms with Crippen molar-refractivity contribution in [1.29, 1.82) is 0 Å². The Labute approximate surface area is 131 Å². The summed E-state index contributed by atoms with van der Waals surface area (Å²) in [6, 6.07) is 4.04. The lowest BCUT2D eigenvalue weighted by atomic mass is 10.2. The monoisotopic (exact) mass is 347 g/mol. The second-order valence-electron chi connectivity index (χ2n) is 5.16. The zero-order chi connectivity index (χ0) is 17.2. The number of nitrogens with one attached hydrogen (secondary N) is 1. The van der Waals surface area contributed by atoms with Gasteiger partial charge in [-0.3, -0.25) is 4.79 Å². The summed E-state index contributed by atoms with van der Waals surface area (Å²) in [5, 5.41) is 2.67. The maximum absolute atomic E-state index is 12.4. The zero-order valence-electron chi connectivity index (χ0n) is 12.2. The van der Waals surface area contributed by atoms with Crippen LogP contribution < -0.4 is 5.32 Å². The summed E-state index contributed by atoms with van der Waals surface area (Å²) in [5.74, 6) is -4.80. The molecule has 9 heteroatoms. The maximum atomic E-state index is 12.4. The first-order valence-electron chi connectivity index (χ1n) is 6.85. The predicted molar refractivity (Wildman–Crippen MR) is 75.7 cm³/mol. The Hall–Kier alpha value is -2.03. The van der Waals surface area contributed by atoms with Gasteiger partial charge in [0.15, 0.2) is 6.10 Å². The van der Waals surface area contributed by atoms with E-state index in [0.717, 1.165) is 37.1 Å². The Kier molecular flexibility index (Phi) is 4.98. The number of hydrogen-bond acceptors (Lipinski definition) is 5. The van der Waals surface area contributed by atoms with Gasteiger partial charge in [-0.15, -0.1) is 0 Å². The molecule has 1 aromatic carbocycles. The van der Waals surface area contributed by atoms with E-state index in [4.69, 9.17) is 4.74 Å². The van der Waals surface area contributed by atoms with Gasteiger partial charge in [-0.1, -0.05) is 0 Å². The maximum Gasteiger partial charge on any atom is 0.341 e. The van der Waals surface area contributed by atoms with Crippen LogP contribution in [0.4, 0.5) is 8.78 Å². The Morgan fingerprint density at radius 1 is 1.22 bits per heavy atom. The molecular weight excluding hydrogens is 332 g/mol. The first kappa shape index (κ1) is 17.3. The first-order chi connectivity index (χ1) is 10.7. The van der Waals surface area contributed by atoms with Crippen LogP contribution in [0.15, 0.2) is 29.2 Å². The number of sulfone groups is 1. The van der Waals surface area contributed by atoms with Crippen molar-refractivity contribution in [1.82, 2.24) is 5.32 Å². The fraction of sp³-hybridized carbons (Fsp3) is 0.429. The number of hydrogen-bond donors (Lipinski definition) is 1. The van der Waals surface area contributed by atoms with E-state index in [1.165, 1.54) is 6.92 Å². The summed E-state index contributed by atoms with van der Waals surface area (Å²) >= 11 is 0. The number of ether oxygens (including phenoxy) is 1. The number of benzene rings is 1. The van der Waals surface area contributed by atoms with Crippen molar-refractivity contribution in [2.75, 3.05) is 0 Å². The van der Waals surface area contributed by atoms with Gasteiger partial charge in [0.25, 0.3) is 5.91 Å². The Morgan fingerprint density at radius 3 is 2.26 bits per heavy atom. The molecule has 1 fully saturated rings. The molecule has 2 rings (SSSR count). The highest BCUT2D eigenvalue weighted by Gasteiger charge is 2.28. The summed E-state index contributed by atoms with van der Waals surface area (Å²) in [6.45, 7) is 1.41. The van der Waals surface area contributed by atoms with Gasteiger partial charge in [0.05, 0.1) is 10.5 Å². The molecule has 0 bridgehead atoms. The van der Waals surface area contributed by atoms with Crippen LogP contribution >= 0.6 is 0 Å². The van der Waals surface area contributed by atoms with Gasteiger partial charge in [-0.2, -0.15) is 8.78 Å². The highest BCUT2D eigenvalue weighted by Crippen LogP contribution is 2.20. The second kappa shape index (κ2) is 6.61. The molecular formula is C14H15F2NO5S. The Morgan fingerprint density at radius 2 is 1.78 bits per heavy atom. The molecule has 1 amide bonds. The van der Waals surface area contributed by atoms with Crippen molar-refractivity contribution in [2.24, 2.45) is 0 Å². The summed E-state index contributed by atoms with van der Waals surface area (Å²) in [4.78, 5) is 22.9. The molecule has 0 heterocycles. The molecule has 0 aromatic heterocycles. The van der Waals surface area contributed by atoms with Crippen LogP contribution in [0.2, 0.25) is 0 Å². The largest absolute Gasteiger partial charge is 0.449 e. The standard InChI is InChI=1S/C14H15F2NO5S/c1-8(12(18)17-10-4-5-10)22-13(19)9-2-6-11(7-3-9)23(20,21)14(15)16/h2-3,6-8,10,14H,4-5H2,1H3,(H,17,18)/t8-/m0/s1. The molecule has 0 radical (unpaired) electrons. The van der Waals surface area contributed by atoms with Gasteiger partial charge in [-0.05, 0) is 44.0 Å². The molecule has 1 aliphatic rings. The lowest BCUT2D eigenvalue weighted by Crippen LogP contribution is -2.37. The topological polar surface area (TPSA) is 89.5 Å². The minimum absolute atomic E-state index is 0.0377. The fourth-order valence-electron chi connectivity index (χ4n) is 1.71. The van der Waals surface area contributed by atoms with Crippen molar-refractivity contribution in [3.05, 3.63) is 29.8 Å².